The number of carbonyl (C=O) groups is 2. The second-order valence-electron chi connectivity index (χ2n) is 4.86. The van der Waals surface area contributed by atoms with Crippen molar-refractivity contribution in [3.05, 3.63) is 0 Å². The quantitative estimate of drug-likeness (QED) is 0.471. The topological polar surface area (TPSA) is 96.9 Å². The fourth-order valence-electron chi connectivity index (χ4n) is 1.81. The van der Waals surface area contributed by atoms with Crippen LogP contribution in [0.25, 0.3) is 0 Å². The number of urea groups is 1. The van der Waals surface area contributed by atoms with E-state index in [0.29, 0.717) is 45.6 Å². The van der Waals surface area contributed by atoms with E-state index in [2.05, 4.69) is 10.6 Å². The Labute approximate surface area is 126 Å². The number of nitrogens with one attached hydrogen (secondary N) is 2. The summed E-state index contributed by atoms with van der Waals surface area (Å²) in [6.45, 7) is 5.88. The van der Waals surface area contributed by atoms with Gasteiger partial charge in [0.2, 0.25) is 0 Å². The van der Waals surface area contributed by atoms with E-state index in [0.717, 1.165) is 0 Å². The molecule has 2 amide bonds. The molecule has 0 atom stereocenters. The molecule has 0 radical (unpaired) electrons. The number of carboxylic acids is 1. The van der Waals surface area contributed by atoms with Crippen molar-refractivity contribution in [2.45, 2.75) is 33.1 Å². The Hall–Kier alpha value is -1.34. The lowest BCUT2D eigenvalue weighted by Gasteiger charge is -2.26. The molecule has 7 heteroatoms. The van der Waals surface area contributed by atoms with Crippen LogP contribution in [0.4, 0.5) is 4.79 Å². The molecule has 7 nitrogen and oxygen atoms in total. The van der Waals surface area contributed by atoms with E-state index in [9.17, 15) is 14.7 Å². The van der Waals surface area contributed by atoms with Crippen molar-refractivity contribution in [2.24, 2.45) is 5.41 Å². The second kappa shape index (κ2) is 11.3. The van der Waals surface area contributed by atoms with Crippen LogP contribution in [0.5, 0.6) is 0 Å². The van der Waals surface area contributed by atoms with Crippen molar-refractivity contribution in [1.82, 2.24) is 10.6 Å². The first-order valence-corrected chi connectivity index (χ1v) is 7.34. The maximum Gasteiger partial charge on any atom is 0.314 e. The zero-order valence-electron chi connectivity index (χ0n) is 13.2. The molecule has 3 N–H and O–H groups in total. The van der Waals surface area contributed by atoms with Crippen molar-refractivity contribution in [3.8, 4) is 0 Å². The zero-order chi connectivity index (χ0) is 16.1. The first-order valence-electron chi connectivity index (χ1n) is 7.34. The molecule has 0 heterocycles. The monoisotopic (exact) mass is 304 g/mol. The molecule has 0 aliphatic heterocycles. The summed E-state index contributed by atoms with van der Waals surface area (Å²) in [5.74, 6) is -0.876. The summed E-state index contributed by atoms with van der Waals surface area (Å²) in [7, 11) is 1.61. The third-order valence-corrected chi connectivity index (χ3v) is 3.58. The number of carboxylic acid groups (broad SMARTS) is 1. The van der Waals surface area contributed by atoms with E-state index in [-0.39, 0.29) is 12.6 Å². The van der Waals surface area contributed by atoms with Crippen molar-refractivity contribution < 1.29 is 24.2 Å². The number of methoxy groups -OCH3 is 1. The summed E-state index contributed by atoms with van der Waals surface area (Å²) >= 11 is 0. The molecule has 0 aliphatic rings. The number of aliphatic carboxylic acids is 1. The first kappa shape index (κ1) is 19.7. The molecule has 21 heavy (non-hydrogen) atoms. The number of carbonyl (C=O) groups excluding carboxylic acids is 1. The highest BCUT2D eigenvalue weighted by Gasteiger charge is 2.35. The molecule has 0 aromatic heterocycles. The number of hydrogen-bond donors (Lipinski definition) is 3. The van der Waals surface area contributed by atoms with Gasteiger partial charge >= 0.3 is 12.0 Å². The van der Waals surface area contributed by atoms with Gasteiger partial charge in [-0.05, 0) is 19.3 Å². The van der Waals surface area contributed by atoms with Crippen LogP contribution in [-0.4, -0.2) is 57.1 Å². The summed E-state index contributed by atoms with van der Waals surface area (Å²) in [5, 5.41) is 14.6. The standard InChI is InChI=1S/C14H28N2O5/c1-4-14(5-2,12(17)18)11-16-13(19)15-7-6-8-21-10-9-20-3/h4-11H2,1-3H3,(H,17,18)(H2,15,16,19). The molecule has 0 aromatic carbocycles. The van der Waals surface area contributed by atoms with Crippen LogP contribution in [0.2, 0.25) is 0 Å². The normalized spacial score (nSPS) is 11.2. The summed E-state index contributed by atoms with van der Waals surface area (Å²) in [4.78, 5) is 22.9. The average molecular weight is 304 g/mol. The summed E-state index contributed by atoms with van der Waals surface area (Å²) < 4.78 is 10.1. The van der Waals surface area contributed by atoms with E-state index < -0.39 is 11.4 Å². The molecule has 0 spiro atoms. The highest BCUT2D eigenvalue weighted by atomic mass is 16.5. The molecule has 124 valence electrons. The van der Waals surface area contributed by atoms with E-state index in [1.165, 1.54) is 0 Å². The third kappa shape index (κ3) is 7.87. The Morgan fingerprint density at radius 3 is 2.29 bits per heavy atom. The Bertz CT molecular complexity index is 306. The Morgan fingerprint density at radius 2 is 1.76 bits per heavy atom. The van der Waals surface area contributed by atoms with Gasteiger partial charge in [-0.2, -0.15) is 0 Å². The molecular weight excluding hydrogens is 276 g/mol. The van der Waals surface area contributed by atoms with Crippen LogP contribution in [0.15, 0.2) is 0 Å². The molecule has 0 aliphatic carbocycles. The Balaban J connectivity index is 3.82. The SMILES string of the molecule is CCC(CC)(CNC(=O)NCCCOCCOC)C(=O)O. The van der Waals surface area contributed by atoms with Gasteiger partial charge in [-0.15, -0.1) is 0 Å². The fraction of sp³-hybridized carbons (Fsp3) is 0.857. The maximum absolute atomic E-state index is 11.6. The van der Waals surface area contributed by atoms with Gasteiger partial charge in [-0.25, -0.2) is 4.79 Å². The minimum Gasteiger partial charge on any atom is -0.481 e. The van der Waals surface area contributed by atoms with Crippen LogP contribution >= 0.6 is 0 Å². The minimum atomic E-state index is -0.888. The number of amides is 2. The van der Waals surface area contributed by atoms with Crippen molar-refractivity contribution in [1.29, 1.82) is 0 Å². The molecule has 0 rings (SSSR count). The largest absolute Gasteiger partial charge is 0.481 e. The van der Waals surface area contributed by atoms with Crippen LogP contribution in [0.1, 0.15) is 33.1 Å². The van der Waals surface area contributed by atoms with E-state index in [1.807, 2.05) is 13.8 Å². The summed E-state index contributed by atoms with van der Waals surface area (Å²) in [6.07, 6.45) is 1.65. The van der Waals surface area contributed by atoms with Gasteiger partial charge in [0.05, 0.1) is 18.6 Å². The lowest BCUT2D eigenvalue weighted by molar-refractivity contribution is -0.149. The first-order chi connectivity index (χ1) is 10.0. The molecular formula is C14H28N2O5. The molecule has 0 unspecified atom stereocenters. The molecule has 0 fully saturated rings. The molecule has 0 aromatic rings. The van der Waals surface area contributed by atoms with Gasteiger partial charge in [-0.1, -0.05) is 13.8 Å². The smallest absolute Gasteiger partial charge is 0.314 e. The molecule has 0 saturated heterocycles. The summed E-state index contributed by atoms with van der Waals surface area (Å²) in [5.41, 5.74) is -0.888. The zero-order valence-corrected chi connectivity index (χ0v) is 13.2. The van der Waals surface area contributed by atoms with Crippen LogP contribution in [0.3, 0.4) is 0 Å². The van der Waals surface area contributed by atoms with Crippen LogP contribution in [-0.2, 0) is 14.3 Å². The van der Waals surface area contributed by atoms with Gasteiger partial charge in [0.25, 0.3) is 0 Å². The summed E-state index contributed by atoms with van der Waals surface area (Å²) in [6, 6.07) is -0.348. The van der Waals surface area contributed by atoms with E-state index >= 15 is 0 Å². The van der Waals surface area contributed by atoms with Gasteiger partial charge in [0.15, 0.2) is 0 Å². The van der Waals surface area contributed by atoms with Gasteiger partial charge in [0.1, 0.15) is 0 Å². The maximum atomic E-state index is 11.6. The van der Waals surface area contributed by atoms with Crippen LogP contribution < -0.4 is 10.6 Å². The lowest BCUT2D eigenvalue weighted by Crippen LogP contribution is -2.46. The van der Waals surface area contributed by atoms with Crippen molar-refractivity contribution in [3.63, 3.8) is 0 Å². The van der Waals surface area contributed by atoms with Crippen molar-refractivity contribution in [2.75, 3.05) is 40.0 Å². The van der Waals surface area contributed by atoms with E-state index in [4.69, 9.17) is 9.47 Å². The minimum absolute atomic E-state index is 0.130. The Kier molecular flexibility index (Phi) is 10.6. The Morgan fingerprint density at radius 1 is 1.10 bits per heavy atom. The fourth-order valence-corrected chi connectivity index (χ4v) is 1.81. The van der Waals surface area contributed by atoms with Crippen LogP contribution in [0, 0.1) is 5.41 Å². The van der Waals surface area contributed by atoms with Crippen molar-refractivity contribution >= 4 is 12.0 Å². The number of rotatable bonds is 12. The third-order valence-electron chi connectivity index (χ3n) is 3.58. The van der Waals surface area contributed by atoms with Gasteiger partial charge in [-0.3, -0.25) is 4.79 Å². The predicted molar refractivity (Wildman–Crippen MR) is 79.4 cm³/mol. The van der Waals surface area contributed by atoms with E-state index in [1.54, 1.807) is 7.11 Å². The predicted octanol–water partition coefficient (Wildman–Crippen LogP) is 1.23. The number of hydrogen-bond acceptors (Lipinski definition) is 4. The average Bonchev–Trinajstić information content (AvgIpc) is 2.47. The highest BCUT2D eigenvalue weighted by Crippen LogP contribution is 2.25. The second-order valence-corrected chi connectivity index (χ2v) is 4.86. The molecule has 0 bridgehead atoms. The molecule has 0 saturated carbocycles. The van der Waals surface area contributed by atoms with Gasteiger partial charge < -0.3 is 25.2 Å². The van der Waals surface area contributed by atoms with Gasteiger partial charge in [0, 0.05) is 26.8 Å². The highest BCUT2D eigenvalue weighted by molar-refractivity contribution is 5.78. The lowest BCUT2D eigenvalue weighted by atomic mass is 9.82. The number of ether oxygens (including phenoxy) is 2.